The van der Waals surface area contributed by atoms with Crippen molar-refractivity contribution in [2.24, 2.45) is 5.73 Å². The topological polar surface area (TPSA) is 104 Å². The second-order valence-corrected chi connectivity index (χ2v) is 8.53. The second kappa shape index (κ2) is 8.43. The highest BCUT2D eigenvalue weighted by atomic mass is 79.9. The Kier molecular flexibility index (Phi) is 6.52. The Hall–Kier alpha value is -2.23. The summed E-state index contributed by atoms with van der Waals surface area (Å²) < 4.78 is 26.7. The normalized spacial score (nSPS) is 12.2. The zero-order chi connectivity index (χ0) is 19.3. The summed E-state index contributed by atoms with van der Waals surface area (Å²) in [5.74, 6) is -0.654. The minimum Gasteiger partial charge on any atom is -0.284 e. The third-order valence-corrected chi connectivity index (χ3v) is 5.86. The largest absolute Gasteiger partial charge is 0.372 e. The van der Waals surface area contributed by atoms with Crippen LogP contribution in [-0.4, -0.2) is 38.1 Å². The summed E-state index contributed by atoms with van der Waals surface area (Å²) in [5, 5.41) is 2.33. The maximum Gasteiger partial charge on any atom is 0.372 e. The van der Waals surface area contributed by atoms with E-state index in [0.29, 0.717) is 5.56 Å². The molecule has 0 radical (unpaired) electrons. The number of benzene rings is 2. The summed E-state index contributed by atoms with van der Waals surface area (Å²) in [6.45, 7) is 1.40. The number of aryl methyl sites for hydroxylation is 1. The summed E-state index contributed by atoms with van der Waals surface area (Å²) in [5.41, 5.74) is 7.36. The predicted molar refractivity (Wildman–Crippen MR) is 100 cm³/mol. The van der Waals surface area contributed by atoms with Gasteiger partial charge in [0, 0.05) is 11.5 Å². The number of nitrogens with two attached hydrogens (primary N) is 1. The number of hydrogen-bond acceptors (Lipinski definition) is 4. The summed E-state index contributed by atoms with van der Waals surface area (Å²) in [6.07, 6.45) is 0. The summed E-state index contributed by atoms with van der Waals surface area (Å²) in [6, 6.07) is 13.4. The van der Waals surface area contributed by atoms with E-state index in [1.165, 1.54) is 19.2 Å². The van der Waals surface area contributed by atoms with Crippen LogP contribution in [0, 0.1) is 6.92 Å². The zero-order valence-electron chi connectivity index (χ0n) is 14.3. The maximum atomic E-state index is 12.4. The first-order chi connectivity index (χ1) is 12.2. The van der Waals surface area contributed by atoms with Gasteiger partial charge in [0.05, 0.1) is 10.5 Å². The second-order valence-electron chi connectivity index (χ2n) is 5.57. The first kappa shape index (κ1) is 20.1. The van der Waals surface area contributed by atoms with Crippen molar-refractivity contribution in [2.75, 3.05) is 13.6 Å². The molecule has 0 saturated carbocycles. The van der Waals surface area contributed by atoms with Gasteiger partial charge in [0.15, 0.2) is 0 Å². The molecule has 0 aromatic heterocycles. The molecule has 0 aliphatic carbocycles. The lowest BCUT2D eigenvalue weighted by Crippen LogP contribution is -2.76. The molecule has 0 fully saturated rings. The van der Waals surface area contributed by atoms with Gasteiger partial charge in [-0.1, -0.05) is 38.8 Å². The van der Waals surface area contributed by atoms with Crippen molar-refractivity contribution in [1.29, 1.82) is 0 Å². The van der Waals surface area contributed by atoms with Gasteiger partial charge in [-0.05, 0) is 43.3 Å². The predicted octanol–water partition coefficient (Wildman–Crippen LogP) is 0.322. The highest BCUT2D eigenvalue weighted by Gasteiger charge is 2.24. The Morgan fingerprint density at radius 3 is 2.31 bits per heavy atom. The molecule has 2 aromatic rings. The number of sulfonamides is 1. The smallest absolute Gasteiger partial charge is 0.284 e. The summed E-state index contributed by atoms with van der Waals surface area (Å²) in [7, 11) is -2.48. The van der Waals surface area contributed by atoms with Crippen LogP contribution in [0.4, 0.5) is 0 Å². The van der Waals surface area contributed by atoms with Crippen LogP contribution in [-0.2, 0) is 19.7 Å². The van der Waals surface area contributed by atoms with E-state index in [1.54, 1.807) is 36.4 Å². The molecule has 0 amide bonds. The number of nitrogens with zero attached hydrogens (tertiary/aromatic N) is 1. The minimum atomic E-state index is -3.78. The average molecular weight is 441 g/mol. The molecule has 138 valence electrons. The van der Waals surface area contributed by atoms with Crippen LogP contribution >= 0.6 is 15.9 Å². The minimum absolute atomic E-state index is 0.104. The fourth-order valence-electron chi connectivity index (χ4n) is 1.99. The van der Waals surface area contributed by atoms with Crippen LogP contribution in [0.3, 0.4) is 0 Å². The Balaban J connectivity index is 2.01. The SMILES string of the molecule is Cc1ccc(S(=O)(=O)N(C)CC(=O)O[NH+]=C(N)c2ccc(Br)cc2)cc1. The molecule has 0 spiro atoms. The number of rotatable bonds is 6. The third kappa shape index (κ3) is 5.13. The zero-order valence-corrected chi connectivity index (χ0v) is 16.7. The van der Waals surface area contributed by atoms with E-state index < -0.39 is 22.5 Å². The van der Waals surface area contributed by atoms with Crippen LogP contribution in [0.15, 0.2) is 57.9 Å². The van der Waals surface area contributed by atoms with Gasteiger partial charge in [-0.25, -0.2) is 13.2 Å². The first-order valence-electron chi connectivity index (χ1n) is 7.57. The molecule has 0 heterocycles. The van der Waals surface area contributed by atoms with E-state index in [-0.39, 0.29) is 10.7 Å². The molecule has 9 heteroatoms. The summed E-state index contributed by atoms with van der Waals surface area (Å²) in [4.78, 5) is 16.9. The molecule has 0 bridgehead atoms. The average Bonchev–Trinajstić information content (AvgIpc) is 2.60. The van der Waals surface area contributed by atoms with E-state index in [1.807, 2.05) is 6.92 Å². The van der Waals surface area contributed by atoms with E-state index in [9.17, 15) is 13.2 Å². The molecule has 0 aliphatic rings. The molecule has 0 unspecified atom stereocenters. The van der Waals surface area contributed by atoms with Crippen molar-refractivity contribution in [3.05, 3.63) is 64.1 Å². The van der Waals surface area contributed by atoms with Gasteiger partial charge in [-0.15, -0.1) is 0 Å². The van der Waals surface area contributed by atoms with Crippen molar-refractivity contribution < 1.29 is 23.2 Å². The first-order valence-corrected chi connectivity index (χ1v) is 9.80. The number of carbonyl (C=O) groups excluding carboxylic acids is 1. The lowest BCUT2D eigenvalue weighted by Gasteiger charge is -2.15. The quantitative estimate of drug-likeness (QED) is 0.291. The summed E-state index contributed by atoms with van der Waals surface area (Å²) >= 11 is 3.31. The van der Waals surface area contributed by atoms with Crippen LogP contribution in [0.5, 0.6) is 0 Å². The van der Waals surface area contributed by atoms with Gasteiger partial charge in [0.25, 0.3) is 0 Å². The number of likely N-dealkylation sites (N-methyl/N-ethyl adjacent to an activating group) is 1. The molecular weight excluding hydrogens is 422 g/mol. The molecule has 2 aromatic carbocycles. The van der Waals surface area contributed by atoms with Crippen molar-refractivity contribution in [1.82, 2.24) is 4.31 Å². The number of amidine groups is 1. The van der Waals surface area contributed by atoms with Crippen LogP contribution in [0.25, 0.3) is 0 Å². The maximum absolute atomic E-state index is 12.4. The number of nitrogen functional groups attached to an aromatic ring is 1. The number of halogens is 1. The Morgan fingerprint density at radius 1 is 1.15 bits per heavy atom. The highest BCUT2D eigenvalue weighted by molar-refractivity contribution is 9.10. The molecular formula is C17H19BrN3O4S+. The third-order valence-electron chi connectivity index (χ3n) is 3.51. The monoisotopic (exact) mass is 440 g/mol. The van der Waals surface area contributed by atoms with Crippen LogP contribution in [0.2, 0.25) is 0 Å². The highest BCUT2D eigenvalue weighted by Crippen LogP contribution is 2.14. The van der Waals surface area contributed by atoms with E-state index in [0.717, 1.165) is 14.3 Å². The van der Waals surface area contributed by atoms with Crippen molar-refractivity contribution in [3.63, 3.8) is 0 Å². The van der Waals surface area contributed by atoms with Gasteiger partial charge in [-0.3, -0.25) is 10.6 Å². The van der Waals surface area contributed by atoms with Crippen LogP contribution < -0.4 is 10.9 Å². The van der Waals surface area contributed by atoms with Gasteiger partial charge < -0.3 is 0 Å². The molecule has 7 nitrogen and oxygen atoms in total. The standard InChI is InChI=1S/C17H18BrN3O4S/c1-12-3-9-15(10-4-12)26(23,24)21(2)11-16(22)25-20-17(19)13-5-7-14(18)8-6-13/h3-10H,11H2,1-2H3,(H2,19,20)/p+1. The molecule has 0 aliphatic heterocycles. The molecule has 0 atom stereocenters. The Labute approximate surface area is 160 Å². The van der Waals surface area contributed by atoms with Gasteiger partial charge in [-0.2, -0.15) is 4.31 Å². The van der Waals surface area contributed by atoms with E-state index in [2.05, 4.69) is 21.1 Å². The van der Waals surface area contributed by atoms with Crippen molar-refractivity contribution >= 4 is 37.8 Å². The lowest BCUT2D eigenvalue weighted by atomic mass is 10.2. The molecule has 3 N–H and O–H groups in total. The fourth-order valence-corrected chi connectivity index (χ4v) is 3.37. The molecule has 0 saturated heterocycles. The van der Waals surface area contributed by atoms with Gasteiger partial charge in [0.1, 0.15) is 6.54 Å². The van der Waals surface area contributed by atoms with Crippen LogP contribution in [0.1, 0.15) is 11.1 Å². The molecule has 26 heavy (non-hydrogen) atoms. The number of nitrogens with one attached hydrogen (secondary N) is 1. The van der Waals surface area contributed by atoms with Gasteiger partial charge in [0.2, 0.25) is 10.0 Å². The number of carbonyl (C=O) groups is 1. The van der Waals surface area contributed by atoms with E-state index >= 15 is 0 Å². The lowest BCUT2D eigenvalue weighted by molar-refractivity contribution is -0.723. The number of hydrogen-bond donors (Lipinski definition) is 2. The Morgan fingerprint density at radius 2 is 1.73 bits per heavy atom. The van der Waals surface area contributed by atoms with E-state index in [4.69, 9.17) is 10.6 Å². The molecule has 2 rings (SSSR count). The van der Waals surface area contributed by atoms with Crippen molar-refractivity contribution in [2.45, 2.75) is 11.8 Å². The van der Waals surface area contributed by atoms with Crippen molar-refractivity contribution in [3.8, 4) is 0 Å². The fraction of sp³-hybridized carbons (Fsp3) is 0.176. The Bertz CT molecular complexity index is 910. The van der Waals surface area contributed by atoms with Gasteiger partial charge >= 0.3 is 11.8 Å².